The van der Waals surface area contributed by atoms with Crippen LogP contribution < -0.4 is 4.90 Å². The fourth-order valence-electron chi connectivity index (χ4n) is 0.985. The Labute approximate surface area is 86.0 Å². The fraction of sp³-hybridized carbons (Fsp3) is 0.333. The Morgan fingerprint density at radius 2 is 2.50 bits per heavy atom. The highest BCUT2D eigenvalue weighted by Gasteiger charge is 2.08. The molecule has 74 valence electrons. The molecule has 0 aliphatic heterocycles. The molecule has 0 aliphatic carbocycles. The monoisotopic (exact) mass is 210 g/mol. The normalized spacial score (nSPS) is 9.43. The van der Waals surface area contributed by atoms with Crippen molar-refractivity contribution in [1.82, 2.24) is 0 Å². The molecular weight excluding hydrogens is 200 g/mol. The minimum absolute atomic E-state index is 0.323. The zero-order valence-corrected chi connectivity index (χ0v) is 8.54. The van der Waals surface area contributed by atoms with E-state index >= 15 is 0 Å². The Morgan fingerprint density at radius 3 is 3.00 bits per heavy atom. The van der Waals surface area contributed by atoms with E-state index in [-0.39, 0.29) is 0 Å². The van der Waals surface area contributed by atoms with Gasteiger partial charge in [0.25, 0.3) is 0 Å². The molecular formula is C9H10N2O2S. The Kier molecular flexibility index (Phi) is 3.48. The van der Waals surface area contributed by atoms with Gasteiger partial charge in [0.15, 0.2) is 0 Å². The van der Waals surface area contributed by atoms with Crippen LogP contribution in [0.25, 0.3) is 0 Å². The smallest absolute Gasteiger partial charge is 0.345 e. The van der Waals surface area contributed by atoms with Crippen LogP contribution >= 0.6 is 11.3 Å². The van der Waals surface area contributed by atoms with Gasteiger partial charge in [0.2, 0.25) is 0 Å². The molecule has 0 unspecified atom stereocenters. The lowest BCUT2D eigenvalue weighted by Crippen LogP contribution is -2.17. The predicted octanol–water partition coefficient (Wildman–Crippen LogP) is 1.80. The summed E-state index contributed by atoms with van der Waals surface area (Å²) in [5, 5.41) is 18.9. The minimum Gasteiger partial charge on any atom is -0.477 e. The van der Waals surface area contributed by atoms with E-state index in [1.54, 1.807) is 11.4 Å². The summed E-state index contributed by atoms with van der Waals surface area (Å²) >= 11 is 1.20. The standard InChI is InChI=1S/C9H10N2O2S/c1-11(4-2-3-10)7-5-8(9(12)13)14-6-7/h5-6H,2,4H2,1H3,(H,12,13). The van der Waals surface area contributed by atoms with E-state index in [9.17, 15) is 4.79 Å². The van der Waals surface area contributed by atoms with E-state index in [1.807, 2.05) is 18.0 Å². The number of carboxylic acid groups (broad SMARTS) is 1. The molecule has 0 amide bonds. The maximum Gasteiger partial charge on any atom is 0.345 e. The van der Waals surface area contributed by atoms with Gasteiger partial charge < -0.3 is 10.0 Å². The molecule has 5 heteroatoms. The molecule has 0 fully saturated rings. The van der Waals surface area contributed by atoms with Crippen LogP contribution in [0.3, 0.4) is 0 Å². The third-order valence-corrected chi connectivity index (χ3v) is 2.70. The number of anilines is 1. The molecule has 0 aliphatic rings. The molecule has 1 rings (SSSR count). The molecule has 1 heterocycles. The van der Waals surface area contributed by atoms with Crippen molar-refractivity contribution in [3.05, 3.63) is 16.3 Å². The molecule has 0 bridgehead atoms. The van der Waals surface area contributed by atoms with Crippen molar-refractivity contribution >= 4 is 23.0 Å². The predicted molar refractivity (Wildman–Crippen MR) is 54.8 cm³/mol. The Morgan fingerprint density at radius 1 is 1.79 bits per heavy atom. The van der Waals surface area contributed by atoms with Gasteiger partial charge >= 0.3 is 5.97 Å². The largest absolute Gasteiger partial charge is 0.477 e. The van der Waals surface area contributed by atoms with Gasteiger partial charge in [-0.3, -0.25) is 0 Å². The fourth-order valence-corrected chi connectivity index (χ4v) is 1.77. The second-order valence-corrected chi connectivity index (χ2v) is 3.72. The first-order chi connectivity index (χ1) is 6.65. The second kappa shape index (κ2) is 4.63. The van der Waals surface area contributed by atoms with Gasteiger partial charge in [0.05, 0.1) is 12.5 Å². The van der Waals surface area contributed by atoms with Crippen molar-refractivity contribution in [2.75, 3.05) is 18.5 Å². The Balaban J connectivity index is 2.67. The van der Waals surface area contributed by atoms with Gasteiger partial charge in [0, 0.05) is 24.7 Å². The summed E-state index contributed by atoms with van der Waals surface area (Å²) in [5.74, 6) is -0.907. The van der Waals surface area contributed by atoms with E-state index in [1.165, 1.54) is 11.3 Å². The van der Waals surface area contributed by atoms with Crippen molar-refractivity contribution in [2.45, 2.75) is 6.42 Å². The molecule has 4 nitrogen and oxygen atoms in total. The van der Waals surface area contributed by atoms with Gasteiger partial charge in [-0.1, -0.05) is 0 Å². The van der Waals surface area contributed by atoms with E-state index in [0.717, 1.165) is 5.69 Å². The Hall–Kier alpha value is -1.54. The highest BCUT2D eigenvalue weighted by atomic mass is 32.1. The first kappa shape index (κ1) is 10.5. The molecule has 0 radical (unpaired) electrons. The summed E-state index contributed by atoms with van der Waals surface area (Å²) < 4.78 is 0. The van der Waals surface area contributed by atoms with Gasteiger partial charge in [-0.25, -0.2) is 4.79 Å². The highest BCUT2D eigenvalue weighted by Crippen LogP contribution is 2.22. The second-order valence-electron chi connectivity index (χ2n) is 2.80. The van der Waals surface area contributed by atoms with Gasteiger partial charge in [-0.15, -0.1) is 11.3 Å². The lowest BCUT2D eigenvalue weighted by atomic mass is 10.3. The number of thiophene rings is 1. The number of hydrogen-bond donors (Lipinski definition) is 1. The van der Waals surface area contributed by atoms with E-state index in [2.05, 4.69) is 0 Å². The lowest BCUT2D eigenvalue weighted by Gasteiger charge is -2.14. The van der Waals surface area contributed by atoms with Crippen molar-refractivity contribution < 1.29 is 9.90 Å². The molecule has 14 heavy (non-hydrogen) atoms. The first-order valence-electron chi connectivity index (χ1n) is 4.05. The quantitative estimate of drug-likeness (QED) is 0.823. The van der Waals surface area contributed by atoms with Crippen LogP contribution in [-0.4, -0.2) is 24.7 Å². The van der Waals surface area contributed by atoms with Crippen LogP contribution in [-0.2, 0) is 0 Å². The van der Waals surface area contributed by atoms with Crippen molar-refractivity contribution in [1.29, 1.82) is 5.26 Å². The van der Waals surface area contributed by atoms with Crippen molar-refractivity contribution in [3.8, 4) is 6.07 Å². The SMILES string of the molecule is CN(CCC#N)c1csc(C(=O)O)c1. The van der Waals surface area contributed by atoms with Crippen molar-refractivity contribution in [2.24, 2.45) is 0 Å². The maximum absolute atomic E-state index is 10.6. The first-order valence-corrected chi connectivity index (χ1v) is 4.93. The molecule has 0 spiro atoms. The number of carbonyl (C=O) groups is 1. The average Bonchev–Trinajstić information content (AvgIpc) is 2.62. The summed E-state index contributed by atoms with van der Waals surface area (Å²) in [5.41, 5.74) is 0.850. The van der Waals surface area contributed by atoms with E-state index in [4.69, 9.17) is 10.4 Å². The summed E-state index contributed by atoms with van der Waals surface area (Å²) in [6.45, 7) is 0.617. The summed E-state index contributed by atoms with van der Waals surface area (Å²) in [4.78, 5) is 12.8. The van der Waals surface area contributed by atoms with Crippen molar-refractivity contribution in [3.63, 3.8) is 0 Å². The molecule has 1 aromatic heterocycles. The topological polar surface area (TPSA) is 64.3 Å². The molecule has 0 saturated carbocycles. The third kappa shape index (κ3) is 2.47. The molecule has 0 aromatic carbocycles. The molecule has 1 N–H and O–H groups in total. The van der Waals surface area contributed by atoms with Gasteiger partial charge in [-0.05, 0) is 6.07 Å². The summed E-state index contributed by atoms with van der Waals surface area (Å²) in [6.07, 6.45) is 0.439. The number of hydrogen-bond acceptors (Lipinski definition) is 4. The number of nitrogens with zero attached hydrogens (tertiary/aromatic N) is 2. The van der Waals surface area contributed by atoms with Crippen LogP contribution in [0.4, 0.5) is 5.69 Å². The minimum atomic E-state index is -0.907. The molecule has 0 atom stereocenters. The van der Waals surface area contributed by atoms with Crippen LogP contribution in [0.2, 0.25) is 0 Å². The molecule has 0 saturated heterocycles. The zero-order valence-electron chi connectivity index (χ0n) is 7.73. The number of aromatic carboxylic acids is 1. The number of carboxylic acids is 1. The number of nitriles is 1. The van der Waals surface area contributed by atoms with Gasteiger partial charge in [0.1, 0.15) is 4.88 Å². The van der Waals surface area contributed by atoms with Crippen LogP contribution in [0.15, 0.2) is 11.4 Å². The van der Waals surface area contributed by atoms with Crippen LogP contribution in [0, 0.1) is 11.3 Å². The van der Waals surface area contributed by atoms with E-state index < -0.39 is 5.97 Å². The lowest BCUT2D eigenvalue weighted by molar-refractivity contribution is 0.0702. The average molecular weight is 210 g/mol. The third-order valence-electron chi connectivity index (χ3n) is 1.80. The summed E-state index contributed by atoms with van der Waals surface area (Å²) in [7, 11) is 1.84. The zero-order chi connectivity index (χ0) is 10.6. The van der Waals surface area contributed by atoms with Crippen LogP contribution in [0.1, 0.15) is 16.1 Å². The molecule has 1 aromatic rings. The number of rotatable bonds is 4. The highest BCUT2D eigenvalue weighted by molar-refractivity contribution is 7.12. The van der Waals surface area contributed by atoms with Gasteiger partial charge in [-0.2, -0.15) is 5.26 Å². The van der Waals surface area contributed by atoms with E-state index in [0.29, 0.717) is 17.8 Å². The van der Waals surface area contributed by atoms with Crippen LogP contribution in [0.5, 0.6) is 0 Å². The maximum atomic E-state index is 10.6. The Bertz CT molecular complexity index is 367. The summed E-state index contributed by atoms with van der Waals surface area (Å²) in [6, 6.07) is 3.66.